The van der Waals surface area contributed by atoms with Crippen LogP contribution in [0.2, 0.25) is 0 Å². The highest BCUT2D eigenvalue weighted by atomic mass is 19.1. The fraction of sp³-hybridized carbons (Fsp3) is 0.316. The number of nitrogens with zero attached hydrogens (tertiary/aromatic N) is 1. The summed E-state index contributed by atoms with van der Waals surface area (Å²) in [6.45, 7) is 0. The van der Waals surface area contributed by atoms with Crippen LogP contribution in [0.1, 0.15) is 42.9 Å². The number of carboxylic acids is 1. The first-order valence-electron chi connectivity index (χ1n) is 16.4. The van der Waals surface area contributed by atoms with Crippen LogP contribution in [0.4, 0.5) is 14.5 Å². The molecule has 2 aliphatic heterocycles. The number of amides is 1. The topological polar surface area (TPSA) is 177 Å². The number of anilines is 1. The molecule has 4 aromatic carbocycles. The molecule has 3 fully saturated rings. The maximum atomic E-state index is 14.0. The summed E-state index contributed by atoms with van der Waals surface area (Å²) in [4.78, 5) is 27.1. The molecule has 11 nitrogen and oxygen atoms in total. The van der Waals surface area contributed by atoms with Gasteiger partial charge in [-0.3, -0.25) is 4.79 Å². The Hall–Kier alpha value is -4.92. The van der Waals surface area contributed by atoms with Crippen LogP contribution in [0.15, 0.2) is 91.0 Å². The van der Waals surface area contributed by atoms with Crippen molar-refractivity contribution in [3.63, 3.8) is 0 Å². The van der Waals surface area contributed by atoms with Gasteiger partial charge in [-0.15, -0.1) is 0 Å². The average Bonchev–Trinajstić information content (AvgIpc) is 3.12. The number of halogens is 2. The van der Waals surface area contributed by atoms with E-state index >= 15 is 0 Å². The zero-order valence-corrected chi connectivity index (χ0v) is 27.0. The van der Waals surface area contributed by atoms with E-state index in [-0.39, 0.29) is 43.1 Å². The minimum absolute atomic E-state index is 0.130. The van der Waals surface area contributed by atoms with E-state index in [2.05, 4.69) is 0 Å². The van der Waals surface area contributed by atoms with Crippen molar-refractivity contribution in [3.05, 3.63) is 114 Å². The van der Waals surface area contributed by atoms with Gasteiger partial charge in [0.05, 0.1) is 17.1 Å². The van der Waals surface area contributed by atoms with Gasteiger partial charge in [0.2, 0.25) is 12.2 Å². The van der Waals surface area contributed by atoms with Crippen molar-refractivity contribution in [3.8, 4) is 22.6 Å². The monoisotopic (exact) mass is 703 g/mol. The first-order valence-corrected chi connectivity index (χ1v) is 16.4. The number of carbonyl (C=O) groups excluding carboxylic acids is 1. The highest BCUT2D eigenvalue weighted by Crippen LogP contribution is 2.62. The standard InChI is InChI=1S/C38H35F2NO10/c39-23-7-5-22(6-8-23)38(49)16-14-37(15-17-38)33(41(36(37)48)25-11-9-24(40)10-12-25)27-13-4-21(19-28(27)42)20-2-1-3-26(18-20)50-35-31(45)29(43)30(44)32(51-35)34(46)47/h1-13,18-19,29-33,35,42-45,49H,14-17H2,(H,46,47)/t29-,30-,31?,32?,33+,35+,37?,38?/m0/s1. The molecule has 266 valence electrons. The van der Waals surface area contributed by atoms with E-state index in [0.717, 1.165) is 0 Å². The lowest BCUT2D eigenvalue weighted by atomic mass is 9.56. The van der Waals surface area contributed by atoms with Crippen molar-refractivity contribution in [2.24, 2.45) is 5.41 Å². The van der Waals surface area contributed by atoms with Crippen LogP contribution in [-0.4, -0.2) is 73.2 Å². The number of aliphatic hydroxyl groups excluding tert-OH is 3. The van der Waals surface area contributed by atoms with Crippen LogP contribution in [0.25, 0.3) is 11.1 Å². The van der Waals surface area contributed by atoms with Gasteiger partial charge in [0.15, 0.2) is 6.10 Å². The molecule has 2 unspecified atom stereocenters. The third-order valence-corrected chi connectivity index (χ3v) is 10.4. The molecule has 0 aromatic heterocycles. The van der Waals surface area contributed by atoms with E-state index < -0.39 is 65.4 Å². The Morgan fingerprint density at radius 1 is 0.804 bits per heavy atom. The van der Waals surface area contributed by atoms with E-state index in [0.29, 0.717) is 27.9 Å². The predicted molar refractivity (Wildman–Crippen MR) is 176 cm³/mol. The first-order chi connectivity index (χ1) is 24.3. The Labute approximate surface area is 290 Å². The zero-order chi connectivity index (χ0) is 36.2. The molecule has 0 radical (unpaired) electrons. The number of carboxylic acid groups (broad SMARTS) is 1. The number of aromatic hydroxyl groups is 1. The molecule has 1 amide bonds. The zero-order valence-electron chi connectivity index (χ0n) is 27.0. The Balaban J connectivity index is 1.17. The second kappa shape index (κ2) is 13.0. The van der Waals surface area contributed by atoms with E-state index in [1.807, 2.05) is 0 Å². The number of hydrogen-bond donors (Lipinski definition) is 6. The van der Waals surface area contributed by atoms with Gasteiger partial charge in [0.25, 0.3) is 0 Å². The van der Waals surface area contributed by atoms with Crippen molar-refractivity contribution < 1.29 is 58.5 Å². The molecular weight excluding hydrogens is 668 g/mol. The number of phenolic OH excluding ortho intramolecular Hbond substituents is 1. The smallest absolute Gasteiger partial charge is 0.335 e. The maximum absolute atomic E-state index is 14.0. The lowest BCUT2D eigenvalue weighted by Gasteiger charge is -2.59. The van der Waals surface area contributed by atoms with Gasteiger partial charge in [0, 0.05) is 11.3 Å². The number of β-lactam (4-membered cyclic amide) rings is 1. The second-order valence-electron chi connectivity index (χ2n) is 13.4. The lowest BCUT2D eigenvalue weighted by molar-refractivity contribution is -0.271. The molecule has 3 aliphatic rings. The lowest BCUT2D eigenvalue weighted by Crippen LogP contribution is -2.65. The minimum Gasteiger partial charge on any atom is -0.508 e. The maximum Gasteiger partial charge on any atom is 0.335 e. The Bertz CT molecular complexity index is 1950. The number of rotatable bonds is 7. The van der Waals surface area contributed by atoms with Gasteiger partial charge in [-0.05, 0) is 97.0 Å². The van der Waals surface area contributed by atoms with Gasteiger partial charge < -0.3 is 45.0 Å². The molecule has 7 rings (SSSR count). The normalized spacial score (nSPS) is 30.5. The third-order valence-electron chi connectivity index (χ3n) is 10.4. The van der Waals surface area contributed by atoms with Crippen LogP contribution < -0.4 is 9.64 Å². The summed E-state index contributed by atoms with van der Waals surface area (Å²) in [6, 6.07) is 21.8. The number of benzene rings is 4. The predicted octanol–water partition coefficient (Wildman–Crippen LogP) is 4.14. The Morgan fingerprint density at radius 3 is 2.06 bits per heavy atom. The Kier molecular flexibility index (Phi) is 8.80. The molecule has 4 aromatic rings. The molecule has 1 saturated carbocycles. The molecule has 6 atom stereocenters. The number of hydrogen-bond acceptors (Lipinski definition) is 9. The molecule has 51 heavy (non-hydrogen) atoms. The van der Waals surface area contributed by atoms with Gasteiger partial charge in [0.1, 0.15) is 41.4 Å². The summed E-state index contributed by atoms with van der Waals surface area (Å²) >= 11 is 0. The fourth-order valence-corrected chi connectivity index (χ4v) is 7.59. The van der Waals surface area contributed by atoms with Crippen LogP contribution in [0.3, 0.4) is 0 Å². The van der Waals surface area contributed by atoms with E-state index in [4.69, 9.17) is 9.47 Å². The number of aliphatic hydroxyl groups is 4. The van der Waals surface area contributed by atoms with Crippen LogP contribution >= 0.6 is 0 Å². The quantitative estimate of drug-likeness (QED) is 0.153. The molecule has 1 spiro atoms. The van der Waals surface area contributed by atoms with Crippen molar-refractivity contribution in [2.45, 2.75) is 68.0 Å². The summed E-state index contributed by atoms with van der Waals surface area (Å²) in [7, 11) is 0. The van der Waals surface area contributed by atoms with Gasteiger partial charge in [-0.25, -0.2) is 13.6 Å². The van der Waals surface area contributed by atoms with Crippen LogP contribution in [-0.2, 0) is 19.9 Å². The highest BCUT2D eigenvalue weighted by molar-refractivity contribution is 6.06. The van der Waals surface area contributed by atoms with Crippen LogP contribution in [0, 0.1) is 17.0 Å². The van der Waals surface area contributed by atoms with Gasteiger partial charge in [-0.2, -0.15) is 0 Å². The molecule has 6 N–H and O–H groups in total. The second-order valence-corrected chi connectivity index (χ2v) is 13.4. The summed E-state index contributed by atoms with van der Waals surface area (Å²) in [6.07, 6.45) is -7.94. The molecule has 1 aliphatic carbocycles. The summed E-state index contributed by atoms with van der Waals surface area (Å²) in [5, 5.41) is 62.9. The van der Waals surface area contributed by atoms with E-state index in [1.54, 1.807) is 30.3 Å². The van der Waals surface area contributed by atoms with Crippen molar-refractivity contribution in [1.29, 1.82) is 0 Å². The molecular formula is C38H35F2NO10. The number of carbonyl (C=O) groups is 2. The Morgan fingerprint density at radius 2 is 1.43 bits per heavy atom. The number of aliphatic carboxylic acids is 1. The first kappa shape index (κ1) is 34.5. The molecule has 2 saturated heterocycles. The SMILES string of the molecule is O=C(O)C1O[C@@H](Oc2cccc(-c3ccc([C@H]4N(c5ccc(F)cc5)C(=O)C45CCC(O)(c4ccc(F)cc4)CC5)c(O)c3)c2)C(O)[C@@H](O)[C@@H]1O. The fourth-order valence-electron chi connectivity index (χ4n) is 7.59. The molecule has 13 heteroatoms. The number of ether oxygens (including phenoxy) is 2. The molecule has 2 heterocycles. The van der Waals surface area contributed by atoms with Crippen LogP contribution in [0.5, 0.6) is 11.5 Å². The molecule has 0 bridgehead atoms. The summed E-state index contributed by atoms with van der Waals surface area (Å²) in [5.41, 5.74) is 0.258. The van der Waals surface area contributed by atoms with E-state index in [9.17, 15) is 49.0 Å². The minimum atomic E-state index is -1.87. The van der Waals surface area contributed by atoms with Crippen molar-refractivity contribution in [1.82, 2.24) is 0 Å². The van der Waals surface area contributed by atoms with E-state index in [1.165, 1.54) is 65.6 Å². The number of phenols is 1. The summed E-state index contributed by atoms with van der Waals surface area (Å²) < 4.78 is 38.4. The van der Waals surface area contributed by atoms with Crippen molar-refractivity contribution in [2.75, 3.05) is 4.90 Å². The summed E-state index contributed by atoms with van der Waals surface area (Å²) in [5.74, 6) is -2.66. The van der Waals surface area contributed by atoms with Gasteiger partial charge >= 0.3 is 5.97 Å². The van der Waals surface area contributed by atoms with Crippen molar-refractivity contribution >= 4 is 17.6 Å². The largest absolute Gasteiger partial charge is 0.508 e. The third kappa shape index (κ3) is 6.00. The average molecular weight is 704 g/mol. The highest BCUT2D eigenvalue weighted by Gasteiger charge is 2.64. The van der Waals surface area contributed by atoms with Gasteiger partial charge in [-0.1, -0.05) is 36.4 Å².